The average Bonchev–Trinajstić information content (AvgIpc) is 2.83. The predicted octanol–water partition coefficient (Wildman–Crippen LogP) is 0.844. The molecule has 0 saturated heterocycles. The van der Waals surface area contributed by atoms with Gasteiger partial charge in [-0.05, 0) is 18.2 Å². The van der Waals surface area contributed by atoms with Gasteiger partial charge >= 0.3 is 0 Å². The van der Waals surface area contributed by atoms with Gasteiger partial charge < -0.3 is 5.11 Å². The van der Waals surface area contributed by atoms with Gasteiger partial charge in [-0.1, -0.05) is 0 Å². The standard InChI is InChI=1S/C12H10N6O/c13-6-11(7-14)17-16-10-1-2-12-9(5-10)8-15-18(12)3-4-19/h1-2,5,8,16,19H,3-4H2. The molecule has 0 amide bonds. The zero-order valence-electron chi connectivity index (χ0n) is 9.91. The average molecular weight is 254 g/mol. The van der Waals surface area contributed by atoms with Gasteiger partial charge in [0.05, 0.1) is 30.6 Å². The van der Waals surface area contributed by atoms with Crippen molar-refractivity contribution in [3.8, 4) is 12.1 Å². The molecule has 1 aromatic carbocycles. The van der Waals surface area contributed by atoms with Gasteiger partial charge in [-0.15, -0.1) is 0 Å². The first-order valence-electron chi connectivity index (χ1n) is 5.49. The number of rotatable bonds is 4. The summed E-state index contributed by atoms with van der Waals surface area (Å²) in [5, 5.41) is 34.7. The smallest absolute Gasteiger partial charge is 0.237 e. The topological polar surface area (TPSA) is 110 Å². The van der Waals surface area contributed by atoms with E-state index in [1.54, 1.807) is 35.1 Å². The zero-order chi connectivity index (χ0) is 13.7. The van der Waals surface area contributed by atoms with Crippen LogP contribution in [0.3, 0.4) is 0 Å². The molecule has 1 heterocycles. The highest BCUT2D eigenvalue weighted by Gasteiger charge is 2.03. The van der Waals surface area contributed by atoms with Gasteiger partial charge in [-0.25, -0.2) is 0 Å². The van der Waals surface area contributed by atoms with Gasteiger partial charge in [0.2, 0.25) is 5.71 Å². The molecular weight excluding hydrogens is 244 g/mol. The van der Waals surface area contributed by atoms with E-state index < -0.39 is 0 Å². The van der Waals surface area contributed by atoms with E-state index in [0.29, 0.717) is 12.2 Å². The van der Waals surface area contributed by atoms with Crippen molar-refractivity contribution in [3.05, 3.63) is 24.4 Å². The summed E-state index contributed by atoms with van der Waals surface area (Å²) >= 11 is 0. The number of benzene rings is 1. The van der Waals surface area contributed by atoms with Crippen molar-refractivity contribution in [2.75, 3.05) is 12.0 Å². The third-order valence-corrected chi connectivity index (χ3v) is 2.46. The Labute approximate surface area is 109 Å². The van der Waals surface area contributed by atoms with E-state index in [1.807, 2.05) is 6.07 Å². The van der Waals surface area contributed by atoms with Crippen LogP contribution >= 0.6 is 0 Å². The second kappa shape index (κ2) is 5.63. The number of aliphatic hydroxyl groups is 1. The Morgan fingerprint density at radius 3 is 2.89 bits per heavy atom. The molecule has 0 spiro atoms. The lowest BCUT2D eigenvalue weighted by molar-refractivity contribution is 0.271. The highest BCUT2D eigenvalue weighted by molar-refractivity contribution is 6.10. The number of hydrogen-bond donors (Lipinski definition) is 2. The Balaban J connectivity index is 2.26. The number of hydrogen-bond acceptors (Lipinski definition) is 6. The van der Waals surface area contributed by atoms with Gasteiger partial charge in [0, 0.05) is 5.39 Å². The molecule has 0 fully saturated rings. The molecule has 2 N–H and O–H groups in total. The lowest BCUT2D eigenvalue weighted by atomic mass is 10.2. The molecule has 19 heavy (non-hydrogen) atoms. The quantitative estimate of drug-likeness (QED) is 0.620. The summed E-state index contributed by atoms with van der Waals surface area (Å²) in [4.78, 5) is 0. The number of fused-ring (bicyclic) bond motifs is 1. The van der Waals surface area contributed by atoms with Crippen molar-refractivity contribution in [1.82, 2.24) is 9.78 Å². The van der Waals surface area contributed by atoms with E-state index in [1.165, 1.54) is 0 Å². The summed E-state index contributed by atoms with van der Waals surface area (Å²) in [7, 11) is 0. The molecule has 7 nitrogen and oxygen atoms in total. The highest BCUT2D eigenvalue weighted by Crippen LogP contribution is 2.18. The SMILES string of the molecule is N#CC(C#N)=NNc1ccc2c(cnn2CCO)c1. The second-order valence-corrected chi connectivity index (χ2v) is 3.66. The van der Waals surface area contributed by atoms with Crippen LogP contribution in [0.1, 0.15) is 0 Å². The minimum absolute atomic E-state index is 0.0226. The molecule has 0 saturated carbocycles. The number of hydrazone groups is 1. The maximum Gasteiger partial charge on any atom is 0.237 e. The second-order valence-electron chi connectivity index (χ2n) is 3.66. The largest absolute Gasteiger partial charge is 0.394 e. The number of nitrogens with one attached hydrogen (secondary N) is 1. The summed E-state index contributed by atoms with van der Waals surface area (Å²) in [6.45, 7) is 0.455. The van der Waals surface area contributed by atoms with E-state index in [2.05, 4.69) is 15.6 Å². The Morgan fingerprint density at radius 2 is 2.21 bits per heavy atom. The van der Waals surface area contributed by atoms with Gasteiger partial charge in [0.1, 0.15) is 12.1 Å². The summed E-state index contributed by atoms with van der Waals surface area (Å²) < 4.78 is 1.69. The van der Waals surface area contributed by atoms with Gasteiger partial charge in [-0.2, -0.15) is 20.7 Å². The van der Waals surface area contributed by atoms with Crippen LogP contribution in [-0.2, 0) is 6.54 Å². The third kappa shape index (κ3) is 2.68. The van der Waals surface area contributed by atoms with Gasteiger partial charge in [0.15, 0.2) is 0 Å². The molecule has 0 aliphatic heterocycles. The maximum atomic E-state index is 8.90. The molecule has 1 aromatic heterocycles. The minimum atomic E-state index is -0.240. The molecule has 2 rings (SSSR count). The number of aliphatic hydroxyl groups excluding tert-OH is 1. The van der Waals surface area contributed by atoms with E-state index >= 15 is 0 Å². The van der Waals surface area contributed by atoms with Crippen LogP contribution in [-0.4, -0.2) is 27.2 Å². The molecule has 0 bridgehead atoms. The molecule has 0 radical (unpaired) electrons. The molecule has 0 aliphatic rings. The van der Waals surface area contributed by atoms with Crippen LogP contribution in [0, 0.1) is 22.7 Å². The van der Waals surface area contributed by atoms with Crippen LogP contribution in [0.4, 0.5) is 5.69 Å². The first kappa shape index (κ1) is 12.6. The number of nitriles is 2. The van der Waals surface area contributed by atoms with Gasteiger partial charge in [0.25, 0.3) is 0 Å². The molecule has 0 aliphatic carbocycles. The van der Waals surface area contributed by atoms with E-state index in [4.69, 9.17) is 15.6 Å². The fourth-order valence-electron chi connectivity index (χ4n) is 1.62. The normalized spacial score (nSPS) is 9.63. The Hall–Kier alpha value is -2.90. The van der Waals surface area contributed by atoms with Crippen LogP contribution in [0.2, 0.25) is 0 Å². The minimum Gasteiger partial charge on any atom is -0.394 e. The molecule has 0 unspecified atom stereocenters. The van der Waals surface area contributed by atoms with Crippen molar-refractivity contribution in [3.63, 3.8) is 0 Å². The molecule has 2 aromatic rings. The molecular formula is C12H10N6O. The Bertz CT molecular complexity index is 687. The number of anilines is 1. The van der Waals surface area contributed by atoms with Crippen molar-refractivity contribution in [2.24, 2.45) is 5.10 Å². The van der Waals surface area contributed by atoms with Crippen molar-refractivity contribution in [1.29, 1.82) is 10.5 Å². The van der Waals surface area contributed by atoms with Crippen molar-refractivity contribution < 1.29 is 5.11 Å². The molecule has 0 atom stereocenters. The monoisotopic (exact) mass is 254 g/mol. The van der Waals surface area contributed by atoms with E-state index in [9.17, 15) is 0 Å². The highest BCUT2D eigenvalue weighted by atomic mass is 16.3. The van der Waals surface area contributed by atoms with Crippen molar-refractivity contribution in [2.45, 2.75) is 6.54 Å². The summed E-state index contributed by atoms with van der Waals surface area (Å²) in [6.07, 6.45) is 1.68. The fourth-order valence-corrected chi connectivity index (χ4v) is 1.62. The lowest BCUT2D eigenvalue weighted by Gasteiger charge is -2.02. The molecule has 94 valence electrons. The van der Waals surface area contributed by atoms with Crippen LogP contribution in [0.15, 0.2) is 29.5 Å². The predicted molar refractivity (Wildman–Crippen MR) is 69.1 cm³/mol. The van der Waals surface area contributed by atoms with E-state index in [0.717, 1.165) is 10.9 Å². The maximum absolute atomic E-state index is 8.90. The molecule has 7 heteroatoms. The van der Waals surface area contributed by atoms with E-state index in [-0.39, 0.29) is 12.3 Å². The fraction of sp³-hybridized carbons (Fsp3) is 0.167. The van der Waals surface area contributed by atoms with Crippen molar-refractivity contribution >= 4 is 22.3 Å². The lowest BCUT2D eigenvalue weighted by Crippen LogP contribution is -2.03. The van der Waals surface area contributed by atoms with Crippen LogP contribution in [0.25, 0.3) is 10.9 Å². The Kier molecular flexibility index (Phi) is 3.72. The first-order valence-corrected chi connectivity index (χ1v) is 5.49. The van der Waals surface area contributed by atoms with Crippen LogP contribution < -0.4 is 5.43 Å². The zero-order valence-corrected chi connectivity index (χ0v) is 9.91. The summed E-state index contributed by atoms with van der Waals surface area (Å²) in [5.41, 5.74) is 3.94. The summed E-state index contributed by atoms with van der Waals surface area (Å²) in [5.74, 6) is 0. The number of nitrogens with zero attached hydrogens (tertiary/aromatic N) is 5. The Morgan fingerprint density at radius 1 is 1.42 bits per heavy atom. The number of aromatic nitrogens is 2. The van der Waals surface area contributed by atoms with Crippen LogP contribution in [0.5, 0.6) is 0 Å². The summed E-state index contributed by atoms with van der Waals surface area (Å²) in [6, 6.07) is 8.71. The first-order chi connectivity index (χ1) is 9.28. The van der Waals surface area contributed by atoms with Gasteiger partial charge in [-0.3, -0.25) is 10.1 Å². The third-order valence-electron chi connectivity index (χ3n) is 2.46.